The van der Waals surface area contributed by atoms with Crippen LogP contribution in [0.1, 0.15) is 54.4 Å². The van der Waals surface area contributed by atoms with E-state index in [4.69, 9.17) is 0 Å². The quantitative estimate of drug-likeness (QED) is 0.549. The minimum Gasteiger partial charge on any atom is -0.149 e. The zero-order chi connectivity index (χ0) is 9.62. The molecule has 1 aliphatic heterocycles. The average molecular weight is 186 g/mol. The molecule has 1 aliphatic rings. The molecule has 1 saturated heterocycles. The van der Waals surface area contributed by atoms with E-state index in [9.17, 15) is 0 Å². The summed E-state index contributed by atoms with van der Waals surface area (Å²) in [5, 5.41) is 0. The fourth-order valence-electron chi connectivity index (χ4n) is 3.19. The molecule has 72 valence electrons. The topological polar surface area (TPSA) is 0 Å². The van der Waals surface area contributed by atoms with E-state index in [0.29, 0.717) is 14.9 Å². The van der Waals surface area contributed by atoms with Crippen LogP contribution in [-0.2, 0) is 0 Å². The predicted molar refractivity (Wildman–Crippen MR) is 58.8 cm³/mol. The van der Waals surface area contributed by atoms with Gasteiger partial charge in [-0.3, -0.25) is 0 Å². The zero-order valence-electron chi connectivity index (χ0n) is 9.32. The van der Waals surface area contributed by atoms with E-state index in [1.54, 1.807) is 0 Å². The summed E-state index contributed by atoms with van der Waals surface area (Å²) >= 11 is 2.15. The Morgan fingerprint density at radius 3 is 1.33 bits per heavy atom. The summed E-state index contributed by atoms with van der Waals surface area (Å²) in [5.41, 5.74) is 0.526. The zero-order valence-corrected chi connectivity index (χ0v) is 10.1. The van der Waals surface area contributed by atoms with Crippen LogP contribution in [0.2, 0.25) is 0 Å². The number of thioether (sulfide) groups is 1. The van der Waals surface area contributed by atoms with Gasteiger partial charge >= 0.3 is 0 Å². The van der Waals surface area contributed by atoms with Crippen molar-refractivity contribution in [2.24, 2.45) is 5.41 Å². The van der Waals surface area contributed by atoms with Crippen molar-refractivity contribution in [3.63, 3.8) is 0 Å². The molecule has 1 rings (SSSR count). The number of hydrogen-bond acceptors (Lipinski definition) is 1. The second kappa shape index (κ2) is 2.67. The van der Waals surface area contributed by atoms with Gasteiger partial charge in [0.1, 0.15) is 0 Å². The molecule has 0 bridgehead atoms. The highest BCUT2D eigenvalue weighted by Crippen LogP contribution is 2.54. The molecule has 0 spiro atoms. The van der Waals surface area contributed by atoms with E-state index < -0.39 is 0 Å². The third kappa shape index (κ3) is 2.69. The average Bonchev–Trinajstić information content (AvgIpc) is 1.44. The third-order valence-corrected chi connectivity index (χ3v) is 3.75. The second-order valence-electron chi connectivity index (χ2n) is 6.14. The van der Waals surface area contributed by atoms with Gasteiger partial charge in [-0.2, -0.15) is 0 Å². The lowest BCUT2D eigenvalue weighted by atomic mass is 9.76. The lowest BCUT2D eigenvalue weighted by Gasteiger charge is -2.48. The molecular formula is C11H22S. The molecule has 0 aromatic heterocycles. The van der Waals surface area contributed by atoms with Crippen molar-refractivity contribution in [1.29, 1.82) is 0 Å². The maximum absolute atomic E-state index is 2.40. The van der Waals surface area contributed by atoms with Gasteiger partial charge in [0.25, 0.3) is 0 Å². The molecule has 0 unspecified atom stereocenters. The van der Waals surface area contributed by atoms with Gasteiger partial charge in [-0.25, -0.2) is 0 Å². The Hall–Kier alpha value is 0.350. The third-order valence-electron chi connectivity index (χ3n) is 2.36. The van der Waals surface area contributed by atoms with Crippen molar-refractivity contribution in [1.82, 2.24) is 0 Å². The molecule has 0 aromatic carbocycles. The summed E-state index contributed by atoms with van der Waals surface area (Å²) in [6, 6.07) is 0. The Kier molecular flexibility index (Phi) is 2.32. The first kappa shape index (κ1) is 10.4. The van der Waals surface area contributed by atoms with Crippen molar-refractivity contribution in [3.8, 4) is 0 Å². The van der Waals surface area contributed by atoms with E-state index in [2.05, 4.69) is 53.3 Å². The molecule has 0 atom stereocenters. The first-order valence-corrected chi connectivity index (χ1v) is 5.64. The summed E-state index contributed by atoms with van der Waals surface area (Å²) in [7, 11) is 0. The monoisotopic (exact) mass is 186 g/mol. The molecule has 1 heteroatoms. The Morgan fingerprint density at radius 2 is 1.08 bits per heavy atom. The van der Waals surface area contributed by atoms with E-state index in [1.807, 2.05) is 0 Å². The molecule has 0 saturated carbocycles. The molecule has 0 aliphatic carbocycles. The summed E-state index contributed by atoms with van der Waals surface area (Å²) in [5.74, 6) is 0. The van der Waals surface area contributed by atoms with Gasteiger partial charge < -0.3 is 0 Å². The fraction of sp³-hybridized carbons (Fsp3) is 1.00. The largest absolute Gasteiger partial charge is 0.149 e. The highest BCUT2D eigenvalue weighted by atomic mass is 32.2. The highest BCUT2D eigenvalue weighted by molar-refractivity contribution is 8.01. The SMILES string of the molecule is CC1(C)CC(C)(C)SC(C)(C)C1. The van der Waals surface area contributed by atoms with Gasteiger partial charge in [-0.05, 0) is 18.3 Å². The van der Waals surface area contributed by atoms with Crippen LogP contribution in [0.15, 0.2) is 0 Å². The van der Waals surface area contributed by atoms with E-state index >= 15 is 0 Å². The Balaban J connectivity index is 2.81. The van der Waals surface area contributed by atoms with Gasteiger partial charge in [-0.1, -0.05) is 41.5 Å². The standard InChI is InChI=1S/C11H22S/c1-9(2)7-10(3,4)12-11(5,6)8-9/h7-8H2,1-6H3. The molecule has 0 aromatic rings. The van der Waals surface area contributed by atoms with Crippen LogP contribution in [0.4, 0.5) is 0 Å². The van der Waals surface area contributed by atoms with Crippen molar-refractivity contribution in [2.75, 3.05) is 0 Å². The van der Waals surface area contributed by atoms with Crippen molar-refractivity contribution >= 4 is 11.8 Å². The second-order valence-corrected chi connectivity index (χ2v) is 8.55. The lowest BCUT2D eigenvalue weighted by Crippen LogP contribution is -2.40. The maximum atomic E-state index is 2.40. The van der Waals surface area contributed by atoms with Gasteiger partial charge in [0.2, 0.25) is 0 Å². The van der Waals surface area contributed by atoms with Crippen LogP contribution in [-0.4, -0.2) is 9.49 Å². The highest BCUT2D eigenvalue weighted by Gasteiger charge is 2.42. The minimum atomic E-state index is 0.464. The Bertz CT molecular complexity index is 132. The van der Waals surface area contributed by atoms with Crippen LogP contribution in [0.5, 0.6) is 0 Å². The van der Waals surface area contributed by atoms with E-state index in [1.165, 1.54) is 12.8 Å². The Morgan fingerprint density at radius 1 is 0.750 bits per heavy atom. The van der Waals surface area contributed by atoms with Crippen LogP contribution in [0.3, 0.4) is 0 Å². The normalized spacial score (nSPS) is 31.5. The van der Waals surface area contributed by atoms with Crippen LogP contribution in [0.25, 0.3) is 0 Å². The Labute approximate surface area is 81.5 Å². The maximum Gasteiger partial charge on any atom is 0.0114 e. The lowest BCUT2D eigenvalue weighted by molar-refractivity contribution is 0.238. The fourth-order valence-corrected chi connectivity index (χ4v) is 5.61. The molecule has 0 radical (unpaired) electrons. The van der Waals surface area contributed by atoms with Gasteiger partial charge in [0.15, 0.2) is 0 Å². The molecule has 0 nitrogen and oxygen atoms in total. The van der Waals surface area contributed by atoms with E-state index in [0.717, 1.165) is 0 Å². The summed E-state index contributed by atoms with van der Waals surface area (Å²) in [6.45, 7) is 14.3. The van der Waals surface area contributed by atoms with Crippen LogP contribution in [0, 0.1) is 5.41 Å². The molecule has 1 heterocycles. The van der Waals surface area contributed by atoms with Crippen LogP contribution >= 0.6 is 11.8 Å². The number of rotatable bonds is 0. The summed E-state index contributed by atoms with van der Waals surface area (Å²) < 4.78 is 0.927. The molecule has 0 amide bonds. The van der Waals surface area contributed by atoms with Crippen molar-refractivity contribution in [3.05, 3.63) is 0 Å². The van der Waals surface area contributed by atoms with Crippen molar-refractivity contribution in [2.45, 2.75) is 63.9 Å². The molecule has 1 fully saturated rings. The number of hydrogen-bond donors (Lipinski definition) is 0. The van der Waals surface area contributed by atoms with E-state index in [-0.39, 0.29) is 0 Å². The predicted octanol–water partition coefficient (Wildman–Crippen LogP) is 4.10. The molecule has 0 N–H and O–H groups in total. The summed E-state index contributed by atoms with van der Waals surface area (Å²) in [4.78, 5) is 0. The van der Waals surface area contributed by atoms with Crippen LogP contribution < -0.4 is 0 Å². The van der Waals surface area contributed by atoms with Gasteiger partial charge in [-0.15, -0.1) is 11.8 Å². The minimum absolute atomic E-state index is 0.464. The van der Waals surface area contributed by atoms with Gasteiger partial charge in [0, 0.05) is 9.49 Å². The molecular weight excluding hydrogens is 164 g/mol. The van der Waals surface area contributed by atoms with Gasteiger partial charge in [0.05, 0.1) is 0 Å². The first-order valence-electron chi connectivity index (χ1n) is 4.82. The smallest absolute Gasteiger partial charge is 0.0114 e. The van der Waals surface area contributed by atoms with Crippen molar-refractivity contribution < 1.29 is 0 Å². The molecule has 12 heavy (non-hydrogen) atoms. The summed E-state index contributed by atoms with van der Waals surface area (Å²) in [6.07, 6.45) is 2.68. The first-order chi connectivity index (χ1) is 5.12.